The van der Waals surface area contributed by atoms with Gasteiger partial charge in [-0.3, -0.25) is 0 Å². The Morgan fingerprint density at radius 3 is 2.94 bits per heavy atom. The molecule has 0 spiro atoms. The molecule has 0 aromatic heterocycles. The molecule has 0 saturated carbocycles. The predicted molar refractivity (Wildman–Crippen MR) is 69.1 cm³/mol. The highest BCUT2D eigenvalue weighted by molar-refractivity contribution is 5.33. The summed E-state index contributed by atoms with van der Waals surface area (Å²) < 4.78 is 5.48. The Morgan fingerprint density at radius 2 is 2.06 bits per heavy atom. The van der Waals surface area contributed by atoms with Crippen LogP contribution in [-0.4, -0.2) is 19.7 Å². The summed E-state index contributed by atoms with van der Waals surface area (Å²) in [6, 6.07) is 6.99. The monoisotopic (exact) mass is 231 g/mol. The number of ether oxygens (including phenoxy) is 1. The van der Waals surface area contributed by atoms with E-state index in [0.717, 1.165) is 25.6 Å². The van der Waals surface area contributed by atoms with Gasteiger partial charge in [0.2, 0.25) is 0 Å². The molecule has 0 unspecified atom stereocenters. The molecule has 2 nitrogen and oxygen atoms in total. The Hall–Kier alpha value is -0.860. The minimum Gasteiger partial charge on any atom is -0.376 e. The van der Waals surface area contributed by atoms with Gasteiger partial charge in [0.25, 0.3) is 0 Å². The predicted octanol–water partition coefficient (Wildman–Crippen LogP) is 2.30. The number of fused-ring (bicyclic) bond motifs is 1. The molecule has 0 amide bonds. The maximum Gasteiger partial charge on any atom is 0.0719 e. The normalized spacial score (nSPS) is 21.2. The fraction of sp³-hybridized carbons (Fsp3) is 0.600. The van der Waals surface area contributed by atoms with Gasteiger partial charge in [-0.2, -0.15) is 0 Å². The van der Waals surface area contributed by atoms with Gasteiger partial charge in [-0.1, -0.05) is 18.2 Å². The first-order valence-corrected chi connectivity index (χ1v) is 6.81. The largest absolute Gasteiger partial charge is 0.376 e. The van der Waals surface area contributed by atoms with Gasteiger partial charge in [-0.05, 0) is 61.4 Å². The minimum absolute atomic E-state index is 0.808. The van der Waals surface area contributed by atoms with Crippen LogP contribution < -0.4 is 5.32 Å². The minimum atomic E-state index is 0.808. The fourth-order valence-corrected chi connectivity index (χ4v) is 2.96. The second kappa shape index (κ2) is 5.19. The molecule has 0 aliphatic carbocycles. The van der Waals surface area contributed by atoms with Crippen molar-refractivity contribution in [2.45, 2.75) is 32.3 Å². The summed E-state index contributed by atoms with van der Waals surface area (Å²) in [7, 11) is 0. The first-order chi connectivity index (χ1) is 8.42. The lowest BCUT2D eigenvalue weighted by Crippen LogP contribution is -2.28. The highest BCUT2D eigenvalue weighted by Crippen LogP contribution is 2.22. The number of benzene rings is 1. The molecule has 2 aliphatic rings. The summed E-state index contributed by atoms with van der Waals surface area (Å²) in [5.74, 6) is 0.883. The van der Waals surface area contributed by atoms with Crippen molar-refractivity contribution in [2.75, 3.05) is 19.7 Å². The maximum atomic E-state index is 5.48. The van der Waals surface area contributed by atoms with Crippen molar-refractivity contribution in [1.29, 1.82) is 0 Å². The van der Waals surface area contributed by atoms with E-state index in [1.54, 1.807) is 0 Å². The average Bonchev–Trinajstić information content (AvgIpc) is 2.40. The summed E-state index contributed by atoms with van der Waals surface area (Å²) in [6.45, 7) is 4.10. The second-order valence-corrected chi connectivity index (χ2v) is 5.30. The summed E-state index contributed by atoms with van der Waals surface area (Å²) in [5.41, 5.74) is 4.44. The molecular formula is C15H21NO. The van der Waals surface area contributed by atoms with E-state index >= 15 is 0 Å². The zero-order valence-electron chi connectivity index (χ0n) is 10.4. The van der Waals surface area contributed by atoms with Crippen LogP contribution in [0.1, 0.15) is 29.5 Å². The maximum absolute atomic E-state index is 5.48. The van der Waals surface area contributed by atoms with Gasteiger partial charge >= 0.3 is 0 Å². The zero-order valence-corrected chi connectivity index (χ0v) is 10.4. The Balaban J connectivity index is 1.70. The van der Waals surface area contributed by atoms with E-state index in [4.69, 9.17) is 4.74 Å². The van der Waals surface area contributed by atoms with Crippen molar-refractivity contribution in [3.05, 3.63) is 34.9 Å². The average molecular weight is 231 g/mol. The van der Waals surface area contributed by atoms with E-state index in [1.165, 1.54) is 49.0 Å². The van der Waals surface area contributed by atoms with Gasteiger partial charge < -0.3 is 10.1 Å². The highest BCUT2D eigenvalue weighted by Gasteiger charge is 2.15. The van der Waals surface area contributed by atoms with Crippen LogP contribution in [0.25, 0.3) is 0 Å². The van der Waals surface area contributed by atoms with Crippen molar-refractivity contribution in [1.82, 2.24) is 5.32 Å². The van der Waals surface area contributed by atoms with Crippen molar-refractivity contribution < 1.29 is 4.74 Å². The van der Waals surface area contributed by atoms with Crippen LogP contribution in [0.3, 0.4) is 0 Å². The molecule has 0 atom stereocenters. The van der Waals surface area contributed by atoms with Gasteiger partial charge in [0.15, 0.2) is 0 Å². The van der Waals surface area contributed by atoms with Crippen LogP contribution >= 0.6 is 0 Å². The number of rotatable bonds is 2. The SMILES string of the molecule is c1cc2c(cc1CC1CCNCC1)CCOC2. The Labute approximate surface area is 103 Å². The van der Waals surface area contributed by atoms with Crippen molar-refractivity contribution in [2.24, 2.45) is 5.92 Å². The van der Waals surface area contributed by atoms with E-state index < -0.39 is 0 Å². The third kappa shape index (κ3) is 2.70. The Kier molecular flexibility index (Phi) is 3.44. The molecule has 1 fully saturated rings. The smallest absolute Gasteiger partial charge is 0.0719 e. The third-order valence-electron chi connectivity index (χ3n) is 4.03. The number of hydrogen-bond donors (Lipinski definition) is 1. The second-order valence-electron chi connectivity index (χ2n) is 5.30. The fourth-order valence-electron chi connectivity index (χ4n) is 2.96. The van der Waals surface area contributed by atoms with E-state index in [2.05, 4.69) is 23.5 Å². The molecule has 0 radical (unpaired) electrons. The topological polar surface area (TPSA) is 21.3 Å². The van der Waals surface area contributed by atoms with Crippen LogP contribution in [0.4, 0.5) is 0 Å². The van der Waals surface area contributed by atoms with E-state index in [1.807, 2.05) is 0 Å². The quantitative estimate of drug-likeness (QED) is 0.843. The standard InChI is InChI=1S/C15H21NO/c1-2-15-11-17-8-5-14(15)10-13(1)9-12-3-6-16-7-4-12/h1-2,10,12,16H,3-9,11H2. The molecule has 2 heteroatoms. The highest BCUT2D eigenvalue weighted by atomic mass is 16.5. The van der Waals surface area contributed by atoms with E-state index in [9.17, 15) is 0 Å². The van der Waals surface area contributed by atoms with Gasteiger partial charge in [-0.15, -0.1) is 0 Å². The van der Waals surface area contributed by atoms with E-state index in [0.29, 0.717) is 0 Å². The molecule has 0 bridgehead atoms. The number of hydrogen-bond acceptors (Lipinski definition) is 2. The van der Waals surface area contributed by atoms with Crippen LogP contribution in [0.5, 0.6) is 0 Å². The first-order valence-electron chi connectivity index (χ1n) is 6.81. The molecule has 2 heterocycles. The van der Waals surface area contributed by atoms with Crippen LogP contribution in [0.2, 0.25) is 0 Å². The summed E-state index contributed by atoms with van der Waals surface area (Å²) in [4.78, 5) is 0. The molecular weight excluding hydrogens is 210 g/mol. The van der Waals surface area contributed by atoms with Gasteiger partial charge in [0.1, 0.15) is 0 Å². The lowest BCUT2D eigenvalue weighted by molar-refractivity contribution is 0.110. The molecule has 1 N–H and O–H groups in total. The Bertz CT molecular complexity index is 383. The van der Waals surface area contributed by atoms with Crippen LogP contribution in [0, 0.1) is 5.92 Å². The summed E-state index contributed by atoms with van der Waals surface area (Å²) in [5, 5.41) is 3.43. The van der Waals surface area contributed by atoms with Crippen molar-refractivity contribution in [3.8, 4) is 0 Å². The number of piperidine rings is 1. The van der Waals surface area contributed by atoms with Crippen LogP contribution in [0.15, 0.2) is 18.2 Å². The molecule has 92 valence electrons. The van der Waals surface area contributed by atoms with Gasteiger partial charge in [-0.25, -0.2) is 0 Å². The van der Waals surface area contributed by atoms with Gasteiger partial charge in [0, 0.05) is 0 Å². The van der Waals surface area contributed by atoms with Gasteiger partial charge in [0.05, 0.1) is 13.2 Å². The molecule has 1 saturated heterocycles. The summed E-state index contributed by atoms with van der Waals surface area (Å²) in [6.07, 6.45) is 5.02. The lowest BCUT2D eigenvalue weighted by atomic mass is 9.89. The van der Waals surface area contributed by atoms with Crippen molar-refractivity contribution >= 4 is 0 Å². The van der Waals surface area contributed by atoms with Crippen molar-refractivity contribution in [3.63, 3.8) is 0 Å². The molecule has 1 aromatic rings. The first kappa shape index (κ1) is 11.2. The third-order valence-corrected chi connectivity index (χ3v) is 4.03. The Morgan fingerprint density at radius 1 is 1.18 bits per heavy atom. The summed E-state index contributed by atoms with van der Waals surface area (Å²) >= 11 is 0. The molecule has 3 rings (SSSR count). The lowest BCUT2D eigenvalue weighted by Gasteiger charge is -2.23. The van der Waals surface area contributed by atoms with Crippen LogP contribution in [-0.2, 0) is 24.2 Å². The zero-order chi connectivity index (χ0) is 11.5. The molecule has 2 aliphatic heterocycles. The molecule has 17 heavy (non-hydrogen) atoms. The number of nitrogens with one attached hydrogen (secondary N) is 1. The van der Waals surface area contributed by atoms with E-state index in [-0.39, 0.29) is 0 Å². The molecule has 1 aromatic carbocycles.